The van der Waals surface area contributed by atoms with Crippen LogP contribution in [0.2, 0.25) is 0 Å². The third-order valence-corrected chi connectivity index (χ3v) is 4.73. The van der Waals surface area contributed by atoms with Crippen molar-refractivity contribution in [2.75, 3.05) is 0 Å². The Morgan fingerprint density at radius 2 is 2.23 bits per heavy atom. The predicted molar refractivity (Wildman–Crippen MR) is 92.1 cm³/mol. The van der Waals surface area contributed by atoms with Crippen LogP contribution >= 0.6 is 27.3 Å². The van der Waals surface area contributed by atoms with Crippen LogP contribution in [-0.2, 0) is 6.42 Å². The molecule has 3 aromatic rings. The van der Waals surface area contributed by atoms with E-state index in [1.54, 1.807) is 5.38 Å². The van der Waals surface area contributed by atoms with Crippen LogP contribution in [0.3, 0.4) is 0 Å². The first-order valence-corrected chi connectivity index (χ1v) is 8.61. The Kier molecular flexibility index (Phi) is 4.06. The minimum absolute atomic E-state index is 0.0854. The fourth-order valence-electron chi connectivity index (χ4n) is 2.50. The predicted octanol–water partition coefficient (Wildman–Crippen LogP) is 4.75. The molecule has 0 unspecified atom stereocenters. The maximum absolute atomic E-state index is 11.0. The first kappa shape index (κ1) is 15.2. The Labute approximate surface area is 140 Å². The Morgan fingerprint density at radius 3 is 2.86 bits per heavy atom. The van der Waals surface area contributed by atoms with Crippen LogP contribution in [0, 0.1) is 5.92 Å². The number of benzene rings is 1. The van der Waals surface area contributed by atoms with Crippen LogP contribution < -0.4 is 0 Å². The minimum atomic E-state index is -0.998. The maximum Gasteiger partial charge on any atom is 0.355 e. The van der Waals surface area contributed by atoms with E-state index in [0.717, 1.165) is 16.4 Å². The second-order valence-electron chi connectivity index (χ2n) is 5.60. The maximum atomic E-state index is 11.0. The van der Waals surface area contributed by atoms with E-state index in [4.69, 9.17) is 5.11 Å². The molecule has 2 aromatic heterocycles. The van der Waals surface area contributed by atoms with Crippen molar-refractivity contribution in [1.29, 1.82) is 0 Å². The summed E-state index contributed by atoms with van der Waals surface area (Å²) in [6.45, 7) is 4.38. The summed E-state index contributed by atoms with van der Waals surface area (Å²) < 4.78 is 2.97. The van der Waals surface area contributed by atoms with Gasteiger partial charge < -0.3 is 5.11 Å². The molecule has 114 valence electrons. The zero-order valence-corrected chi connectivity index (χ0v) is 14.6. The van der Waals surface area contributed by atoms with Crippen LogP contribution in [0.5, 0.6) is 0 Å². The molecule has 0 aliphatic heterocycles. The molecule has 0 aliphatic carbocycles. The molecule has 3 rings (SSSR count). The average molecular weight is 379 g/mol. The van der Waals surface area contributed by atoms with E-state index >= 15 is 0 Å². The number of rotatable bonds is 4. The summed E-state index contributed by atoms with van der Waals surface area (Å²) >= 11 is 4.84. The lowest BCUT2D eigenvalue weighted by Crippen LogP contribution is -1.98. The van der Waals surface area contributed by atoms with E-state index in [0.29, 0.717) is 11.0 Å². The Hall–Kier alpha value is -1.66. The van der Waals surface area contributed by atoms with Gasteiger partial charge in [0, 0.05) is 21.4 Å². The molecule has 4 nitrogen and oxygen atoms in total. The number of aromatic nitrogens is 2. The highest BCUT2D eigenvalue weighted by Gasteiger charge is 2.15. The summed E-state index contributed by atoms with van der Waals surface area (Å²) in [5.74, 6) is -0.448. The number of halogens is 1. The van der Waals surface area contributed by atoms with Gasteiger partial charge in [-0.05, 0) is 30.0 Å². The number of fused-ring (bicyclic) bond motifs is 1. The summed E-state index contributed by atoms with van der Waals surface area (Å²) in [7, 11) is 0. The fourth-order valence-corrected chi connectivity index (χ4v) is 3.64. The highest BCUT2D eigenvalue weighted by molar-refractivity contribution is 9.10. The zero-order valence-electron chi connectivity index (χ0n) is 12.2. The quantitative estimate of drug-likeness (QED) is 0.712. The van der Waals surface area contributed by atoms with E-state index in [1.807, 2.05) is 16.7 Å². The molecule has 22 heavy (non-hydrogen) atoms. The first-order valence-electron chi connectivity index (χ1n) is 6.94. The lowest BCUT2D eigenvalue weighted by Gasteiger charge is -2.02. The Bertz CT molecular complexity index is 851. The van der Waals surface area contributed by atoms with Gasteiger partial charge in [0.2, 0.25) is 0 Å². The van der Waals surface area contributed by atoms with Crippen molar-refractivity contribution in [1.82, 2.24) is 9.55 Å². The number of thiazole rings is 1. The molecular weight excluding hydrogens is 364 g/mol. The summed E-state index contributed by atoms with van der Waals surface area (Å²) in [5.41, 5.74) is 2.38. The third kappa shape index (κ3) is 2.80. The van der Waals surface area contributed by atoms with E-state index in [2.05, 4.69) is 47.0 Å². The molecule has 0 radical (unpaired) electrons. The fraction of sp³-hybridized carbons (Fsp3) is 0.250. The van der Waals surface area contributed by atoms with Crippen molar-refractivity contribution >= 4 is 44.1 Å². The molecule has 0 bridgehead atoms. The van der Waals surface area contributed by atoms with Crippen LogP contribution in [0.15, 0.2) is 34.2 Å². The molecule has 0 saturated heterocycles. The molecule has 0 saturated carbocycles. The topological polar surface area (TPSA) is 55.1 Å². The molecule has 1 N–H and O–H groups in total. The average Bonchev–Trinajstić information content (AvgIpc) is 3.03. The smallest absolute Gasteiger partial charge is 0.355 e. The lowest BCUT2D eigenvalue weighted by atomic mass is 10.0. The molecule has 0 atom stereocenters. The number of hydrogen-bond donors (Lipinski definition) is 1. The van der Waals surface area contributed by atoms with Crippen molar-refractivity contribution < 1.29 is 9.90 Å². The van der Waals surface area contributed by atoms with Crippen molar-refractivity contribution in [3.8, 4) is 5.13 Å². The van der Waals surface area contributed by atoms with Gasteiger partial charge in [0.05, 0.1) is 5.52 Å². The summed E-state index contributed by atoms with van der Waals surface area (Å²) in [6, 6.07) is 6.17. The van der Waals surface area contributed by atoms with E-state index < -0.39 is 5.97 Å². The number of aromatic carboxylic acids is 1. The number of hydrogen-bond acceptors (Lipinski definition) is 3. The van der Waals surface area contributed by atoms with Gasteiger partial charge in [0.25, 0.3) is 0 Å². The van der Waals surface area contributed by atoms with E-state index in [9.17, 15) is 4.79 Å². The van der Waals surface area contributed by atoms with Crippen molar-refractivity contribution in [2.45, 2.75) is 20.3 Å². The number of carboxylic acids is 1. The molecule has 0 aliphatic rings. The Balaban J connectivity index is 2.19. The molecule has 0 fully saturated rings. The highest BCUT2D eigenvalue weighted by atomic mass is 79.9. The monoisotopic (exact) mass is 378 g/mol. The van der Waals surface area contributed by atoms with Gasteiger partial charge in [0.15, 0.2) is 10.8 Å². The van der Waals surface area contributed by atoms with Crippen molar-refractivity contribution in [3.05, 3.63) is 45.5 Å². The molecule has 0 amide bonds. The second-order valence-corrected chi connectivity index (χ2v) is 7.36. The molecule has 1 aromatic carbocycles. The van der Waals surface area contributed by atoms with Gasteiger partial charge in [-0.15, -0.1) is 11.3 Å². The molecule has 6 heteroatoms. The van der Waals surface area contributed by atoms with Crippen LogP contribution in [0.1, 0.15) is 29.9 Å². The Morgan fingerprint density at radius 1 is 1.45 bits per heavy atom. The van der Waals surface area contributed by atoms with Gasteiger partial charge in [0.1, 0.15) is 0 Å². The lowest BCUT2D eigenvalue weighted by molar-refractivity contribution is 0.0691. The normalized spacial score (nSPS) is 11.5. The molecular formula is C16H15BrN2O2S. The highest BCUT2D eigenvalue weighted by Crippen LogP contribution is 2.30. The molecule has 2 heterocycles. The van der Waals surface area contributed by atoms with Crippen LogP contribution in [-0.4, -0.2) is 20.6 Å². The van der Waals surface area contributed by atoms with Gasteiger partial charge in [-0.3, -0.25) is 4.57 Å². The van der Waals surface area contributed by atoms with Gasteiger partial charge in [-0.2, -0.15) is 0 Å². The third-order valence-electron chi connectivity index (χ3n) is 3.40. The zero-order chi connectivity index (χ0) is 15.9. The molecule has 0 spiro atoms. The SMILES string of the molecule is CC(C)Cc1cn(-c2nc(C(=O)O)cs2)c2cc(Br)ccc12. The largest absolute Gasteiger partial charge is 0.476 e. The second kappa shape index (κ2) is 5.85. The van der Waals surface area contributed by atoms with Crippen molar-refractivity contribution in [2.24, 2.45) is 5.92 Å². The number of carboxylic acid groups (broad SMARTS) is 1. The van der Waals surface area contributed by atoms with E-state index in [-0.39, 0.29) is 5.69 Å². The van der Waals surface area contributed by atoms with Crippen LogP contribution in [0.4, 0.5) is 0 Å². The van der Waals surface area contributed by atoms with Crippen molar-refractivity contribution in [3.63, 3.8) is 0 Å². The van der Waals surface area contributed by atoms with E-state index in [1.165, 1.54) is 22.3 Å². The van der Waals surface area contributed by atoms with Crippen LogP contribution in [0.25, 0.3) is 16.0 Å². The number of carbonyl (C=O) groups is 1. The minimum Gasteiger partial charge on any atom is -0.476 e. The first-order chi connectivity index (χ1) is 10.5. The summed E-state index contributed by atoms with van der Waals surface area (Å²) in [4.78, 5) is 15.3. The summed E-state index contributed by atoms with van der Waals surface area (Å²) in [6.07, 6.45) is 3.05. The number of nitrogens with zero attached hydrogens (tertiary/aromatic N) is 2. The van der Waals surface area contributed by atoms with Gasteiger partial charge in [-0.1, -0.05) is 35.8 Å². The standard InChI is InChI=1S/C16H15BrN2O2S/c1-9(2)5-10-7-19(14-6-11(17)3-4-12(10)14)16-18-13(8-22-16)15(20)21/h3-4,6-9H,5H2,1-2H3,(H,20,21). The van der Waals surface area contributed by atoms with Gasteiger partial charge in [-0.25, -0.2) is 9.78 Å². The van der Waals surface area contributed by atoms with Gasteiger partial charge >= 0.3 is 5.97 Å². The summed E-state index contributed by atoms with van der Waals surface area (Å²) in [5, 5.41) is 12.5.